The standard InChI is InChI=1S/C14H12BrFO/c1-9-6-10(8-11(7-9)17-2)14-12(15)4-3-5-13(14)16/h3-8H,1-2H3. The molecule has 0 aliphatic rings. The summed E-state index contributed by atoms with van der Waals surface area (Å²) in [4.78, 5) is 0. The second kappa shape index (κ2) is 4.88. The lowest BCUT2D eigenvalue weighted by Crippen LogP contribution is -1.90. The van der Waals surface area contributed by atoms with Crippen molar-refractivity contribution < 1.29 is 9.13 Å². The Morgan fingerprint density at radius 3 is 2.59 bits per heavy atom. The van der Waals surface area contributed by atoms with Crippen molar-refractivity contribution in [2.75, 3.05) is 7.11 Å². The Kier molecular flexibility index (Phi) is 3.48. The van der Waals surface area contributed by atoms with Gasteiger partial charge in [0.2, 0.25) is 0 Å². The highest BCUT2D eigenvalue weighted by Gasteiger charge is 2.10. The summed E-state index contributed by atoms with van der Waals surface area (Å²) in [5, 5.41) is 0. The van der Waals surface area contributed by atoms with Crippen LogP contribution >= 0.6 is 15.9 Å². The summed E-state index contributed by atoms with van der Waals surface area (Å²) >= 11 is 3.37. The zero-order chi connectivity index (χ0) is 12.4. The Bertz CT molecular complexity index is 532. The highest BCUT2D eigenvalue weighted by molar-refractivity contribution is 9.10. The maximum absolute atomic E-state index is 13.8. The molecule has 0 radical (unpaired) electrons. The number of ether oxygens (including phenoxy) is 1. The Hall–Kier alpha value is -1.35. The van der Waals surface area contributed by atoms with Gasteiger partial charge in [-0.25, -0.2) is 4.39 Å². The molecule has 0 bridgehead atoms. The molecule has 0 aromatic heterocycles. The number of methoxy groups -OCH3 is 1. The average Bonchev–Trinajstić information content (AvgIpc) is 2.28. The van der Waals surface area contributed by atoms with Crippen LogP contribution in [0.2, 0.25) is 0 Å². The normalized spacial score (nSPS) is 10.4. The molecule has 0 aliphatic carbocycles. The van der Waals surface area contributed by atoms with Crippen LogP contribution in [0.25, 0.3) is 11.1 Å². The van der Waals surface area contributed by atoms with Gasteiger partial charge in [-0.05, 0) is 42.3 Å². The number of hydrogen-bond acceptors (Lipinski definition) is 1. The Balaban J connectivity index is 2.64. The lowest BCUT2D eigenvalue weighted by molar-refractivity contribution is 0.414. The van der Waals surface area contributed by atoms with Crippen LogP contribution in [-0.2, 0) is 0 Å². The van der Waals surface area contributed by atoms with E-state index in [4.69, 9.17) is 4.74 Å². The molecule has 2 aromatic rings. The van der Waals surface area contributed by atoms with Crippen LogP contribution in [0.3, 0.4) is 0 Å². The second-order valence-electron chi connectivity index (χ2n) is 3.84. The van der Waals surface area contributed by atoms with Gasteiger partial charge in [0.25, 0.3) is 0 Å². The van der Waals surface area contributed by atoms with Gasteiger partial charge in [-0.15, -0.1) is 0 Å². The first-order valence-electron chi connectivity index (χ1n) is 5.22. The van der Waals surface area contributed by atoms with E-state index in [1.165, 1.54) is 6.07 Å². The first kappa shape index (κ1) is 12.1. The number of benzene rings is 2. The third kappa shape index (κ3) is 2.50. The third-order valence-electron chi connectivity index (χ3n) is 2.54. The lowest BCUT2D eigenvalue weighted by atomic mass is 10.0. The van der Waals surface area contributed by atoms with Gasteiger partial charge < -0.3 is 4.74 Å². The fourth-order valence-corrected chi connectivity index (χ4v) is 2.35. The Morgan fingerprint density at radius 1 is 1.18 bits per heavy atom. The van der Waals surface area contributed by atoms with Crippen LogP contribution < -0.4 is 4.74 Å². The van der Waals surface area contributed by atoms with Crippen LogP contribution in [0.4, 0.5) is 4.39 Å². The number of aryl methyl sites for hydroxylation is 1. The van der Waals surface area contributed by atoms with Crippen LogP contribution in [0.15, 0.2) is 40.9 Å². The molecule has 0 aliphatic heterocycles. The van der Waals surface area contributed by atoms with Gasteiger partial charge in [-0.2, -0.15) is 0 Å². The Labute approximate surface area is 108 Å². The van der Waals surface area contributed by atoms with E-state index in [9.17, 15) is 4.39 Å². The third-order valence-corrected chi connectivity index (χ3v) is 3.20. The van der Waals surface area contributed by atoms with Crippen molar-refractivity contribution in [3.05, 3.63) is 52.3 Å². The molecule has 0 unspecified atom stereocenters. The zero-order valence-electron chi connectivity index (χ0n) is 9.63. The average molecular weight is 295 g/mol. The number of halogens is 2. The summed E-state index contributed by atoms with van der Waals surface area (Å²) in [7, 11) is 1.61. The van der Waals surface area contributed by atoms with Gasteiger partial charge >= 0.3 is 0 Å². The van der Waals surface area contributed by atoms with Gasteiger partial charge in [-0.1, -0.05) is 28.1 Å². The van der Waals surface area contributed by atoms with Gasteiger partial charge in [0, 0.05) is 10.0 Å². The van der Waals surface area contributed by atoms with Crippen molar-refractivity contribution in [1.82, 2.24) is 0 Å². The van der Waals surface area contributed by atoms with Crippen molar-refractivity contribution in [2.24, 2.45) is 0 Å². The molecule has 17 heavy (non-hydrogen) atoms. The molecule has 0 heterocycles. The van der Waals surface area contributed by atoms with Crippen molar-refractivity contribution in [1.29, 1.82) is 0 Å². The van der Waals surface area contributed by atoms with E-state index in [1.54, 1.807) is 13.2 Å². The molecule has 88 valence electrons. The summed E-state index contributed by atoms with van der Waals surface area (Å²) < 4.78 is 19.8. The highest BCUT2D eigenvalue weighted by atomic mass is 79.9. The van der Waals surface area contributed by atoms with E-state index in [-0.39, 0.29) is 5.82 Å². The quantitative estimate of drug-likeness (QED) is 0.788. The largest absolute Gasteiger partial charge is 0.497 e. The minimum absolute atomic E-state index is 0.243. The van der Waals surface area contributed by atoms with Crippen molar-refractivity contribution in [3.63, 3.8) is 0 Å². The fraction of sp³-hybridized carbons (Fsp3) is 0.143. The van der Waals surface area contributed by atoms with Crippen LogP contribution in [0, 0.1) is 12.7 Å². The Morgan fingerprint density at radius 2 is 1.94 bits per heavy atom. The minimum Gasteiger partial charge on any atom is -0.497 e. The van der Waals surface area contributed by atoms with E-state index in [2.05, 4.69) is 15.9 Å². The molecule has 2 rings (SSSR count). The zero-order valence-corrected chi connectivity index (χ0v) is 11.2. The smallest absolute Gasteiger partial charge is 0.132 e. The van der Waals surface area contributed by atoms with Gasteiger partial charge in [-0.3, -0.25) is 0 Å². The fourth-order valence-electron chi connectivity index (χ4n) is 1.78. The van der Waals surface area contributed by atoms with E-state index in [0.29, 0.717) is 5.56 Å². The minimum atomic E-state index is -0.243. The van der Waals surface area contributed by atoms with Gasteiger partial charge in [0.15, 0.2) is 0 Å². The van der Waals surface area contributed by atoms with Gasteiger partial charge in [0.05, 0.1) is 7.11 Å². The SMILES string of the molecule is COc1cc(C)cc(-c2c(F)cccc2Br)c1. The van der Waals surface area contributed by atoms with Crippen LogP contribution in [0.5, 0.6) is 5.75 Å². The molecular formula is C14H12BrFO. The number of rotatable bonds is 2. The van der Waals surface area contributed by atoms with Crippen molar-refractivity contribution in [2.45, 2.75) is 6.92 Å². The molecule has 0 atom stereocenters. The first-order valence-corrected chi connectivity index (χ1v) is 6.01. The maximum Gasteiger partial charge on any atom is 0.132 e. The topological polar surface area (TPSA) is 9.23 Å². The number of hydrogen-bond donors (Lipinski definition) is 0. The second-order valence-corrected chi connectivity index (χ2v) is 4.69. The molecule has 0 saturated carbocycles. The van der Waals surface area contributed by atoms with Crippen molar-refractivity contribution >= 4 is 15.9 Å². The first-order chi connectivity index (χ1) is 8.11. The molecular weight excluding hydrogens is 283 g/mol. The van der Waals surface area contributed by atoms with Gasteiger partial charge in [0.1, 0.15) is 11.6 Å². The predicted octanol–water partition coefficient (Wildman–Crippen LogP) is 4.57. The maximum atomic E-state index is 13.8. The lowest BCUT2D eigenvalue weighted by Gasteiger charge is -2.09. The molecule has 0 saturated heterocycles. The molecule has 2 aromatic carbocycles. The molecule has 0 amide bonds. The summed E-state index contributed by atoms with van der Waals surface area (Å²) in [6.07, 6.45) is 0. The summed E-state index contributed by atoms with van der Waals surface area (Å²) in [6.45, 7) is 1.96. The highest BCUT2D eigenvalue weighted by Crippen LogP contribution is 2.33. The van der Waals surface area contributed by atoms with Crippen LogP contribution in [-0.4, -0.2) is 7.11 Å². The van der Waals surface area contributed by atoms with E-state index in [1.807, 2.05) is 31.2 Å². The van der Waals surface area contributed by atoms with E-state index in [0.717, 1.165) is 21.3 Å². The molecule has 0 N–H and O–H groups in total. The molecule has 0 spiro atoms. The summed E-state index contributed by atoms with van der Waals surface area (Å²) in [6, 6.07) is 10.6. The molecule has 3 heteroatoms. The van der Waals surface area contributed by atoms with Crippen LogP contribution in [0.1, 0.15) is 5.56 Å². The monoisotopic (exact) mass is 294 g/mol. The van der Waals surface area contributed by atoms with Crippen molar-refractivity contribution in [3.8, 4) is 16.9 Å². The molecule has 0 fully saturated rings. The summed E-state index contributed by atoms with van der Waals surface area (Å²) in [5.74, 6) is 0.488. The van der Waals surface area contributed by atoms with E-state index < -0.39 is 0 Å². The summed E-state index contributed by atoms with van der Waals surface area (Å²) in [5.41, 5.74) is 2.41. The van der Waals surface area contributed by atoms with E-state index >= 15 is 0 Å². The molecule has 1 nitrogen and oxygen atoms in total. The predicted molar refractivity (Wildman–Crippen MR) is 70.8 cm³/mol.